The molecule has 0 N–H and O–H groups in total. The molecule has 0 atom stereocenters. The lowest BCUT2D eigenvalue weighted by atomic mass is 9.87. The first-order chi connectivity index (χ1) is 12.0. The second-order valence-electron chi connectivity index (χ2n) is 6.54. The van der Waals surface area contributed by atoms with Gasteiger partial charge in [-0.1, -0.05) is 26.8 Å². The Hall–Kier alpha value is -2.81. The van der Waals surface area contributed by atoms with Gasteiger partial charge in [-0.15, -0.1) is 0 Å². The number of rotatable bonds is 4. The number of hydrogen-bond acceptors (Lipinski definition) is 6. The second-order valence-corrected chi connectivity index (χ2v) is 7.39. The van der Waals surface area contributed by atoms with Crippen molar-refractivity contribution < 1.29 is 19.4 Å². The molecule has 0 aliphatic heterocycles. The predicted molar refractivity (Wildman–Crippen MR) is 97.6 cm³/mol. The quantitative estimate of drug-likeness (QED) is 0.303. The maximum absolute atomic E-state index is 12.3. The summed E-state index contributed by atoms with van der Waals surface area (Å²) in [5, 5.41) is 21.8. The van der Waals surface area contributed by atoms with Crippen molar-refractivity contribution >= 4 is 33.3 Å². The van der Waals surface area contributed by atoms with E-state index in [-0.39, 0.29) is 16.7 Å². The zero-order chi connectivity index (χ0) is 19.6. The summed E-state index contributed by atoms with van der Waals surface area (Å²) >= 11 is 3.32. The van der Waals surface area contributed by atoms with Crippen molar-refractivity contribution in [1.82, 2.24) is 0 Å². The fourth-order valence-electron chi connectivity index (χ4n) is 2.13. The minimum absolute atomic E-state index is 0.105. The van der Waals surface area contributed by atoms with E-state index in [0.29, 0.717) is 4.47 Å². The molecule has 0 bridgehead atoms. The Labute approximate surface area is 157 Å². The van der Waals surface area contributed by atoms with Crippen molar-refractivity contribution in [1.29, 1.82) is 0 Å². The Morgan fingerprint density at radius 2 is 1.54 bits per heavy atom. The van der Waals surface area contributed by atoms with Gasteiger partial charge in [0.05, 0.1) is 25.9 Å². The summed E-state index contributed by atoms with van der Waals surface area (Å²) in [4.78, 5) is 32.5. The van der Waals surface area contributed by atoms with Crippen molar-refractivity contribution in [2.45, 2.75) is 26.2 Å². The third kappa shape index (κ3) is 4.42. The van der Waals surface area contributed by atoms with Gasteiger partial charge in [0.15, 0.2) is 0 Å². The van der Waals surface area contributed by atoms with Gasteiger partial charge < -0.3 is 4.74 Å². The van der Waals surface area contributed by atoms with Crippen molar-refractivity contribution in [3.63, 3.8) is 0 Å². The number of esters is 1. The number of nitro benzene ring substituents is 2. The van der Waals surface area contributed by atoms with Gasteiger partial charge in [0.1, 0.15) is 5.75 Å². The fourth-order valence-corrected chi connectivity index (χ4v) is 2.59. The first kappa shape index (κ1) is 19.5. The number of nitrogens with zero attached hydrogens (tertiary/aromatic N) is 2. The van der Waals surface area contributed by atoms with Crippen LogP contribution in [0.2, 0.25) is 0 Å². The first-order valence-corrected chi connectivity index (χ1v) is 8.24. The molecule has 0 unspecified atom stereocenters. The maximum atomic E-state index is 12.3. The Kier molecular flexibility index (Phi) is 5.41. The van der Waals surface area contributed by atoms with Gasteiger partial charge in [0.25, 0.3) is 11.4 Å². The van der Waals surface area contributed by atoms with Gasteiger partial charge in [0.2, 0.25) is 0 Å². The largest absolute Gasteiger partial charge is 0.422 e. The van der Waals surface area contributed by atoms with Gasteiger partial charge in [-0.3, -0.25) is 20.2 Å². The fraction of sp³-hybridized carbons (Fsp3) is 0.235. The van der Waals surface area contributed by atoms with E-state index in [0.717, 1.165) is 23.8 Å². The number of ether oxygens (including phenoxy) is 1. The monoisotopic (exact) mass is 422 g/mol. The topological polar surface area (TPSA) is 113 Å². The molecule has 2 aromatic rings. The van der Waals surface area contributed by atoms with Crippen LogP contribution in [0.1, 0.15) is 36.7 Å². The highest BCUT2D eigenvalue weighted by Crippen LogP contribution is 2.32. The lowest BCUT2D eigenvalue weighted by Crippen LogP contribution is -2.12. The van der Waals surface area contributed by atoms with Crippen LogP contribution in [0.4, 0.5) is 11.4 Å². The third-order valence-electron chi connectivity index (χ3n) is 3.56. The smallest absolute Gasteiger partial charge is 0.344 e. The molecular formula is C17H15BrN2O6. The molecular weight excluding hydrogens is 408 g/mol. The molecule has 136 valence electrons. The van der Waals surface area contributed by atoms with E-state index in [9.17, 15) is 25.0 Å². The van der Waals surface area contributed by atoms with E-state index in [2.05, 4.69) is 15.9 Å². The van der Waals surface area contributed by atoms with Crippen LogP contribution >= 0.6 is 15.9 Å². The molecule has 0 heterocycles. The third-order valence-corrected chi connectivity index (χ3v) is 4.18. The van der Waals surface area contributed by atoms with Crippen molar-refractivity contribution in [2.24, 2.45) is 0 Å². The summed E-state index contributed by atoms with van der Waals surface area (Å²) in [6.07, 6.45) is 0. The van der Waals surface area contributed by atoms with Crippen LogP contribution in [0.5, 0.6) is 5.75 Å². The second kappa shape index (κ2) is 7.20. The highest BCUT2D eigenvalue weighted by atomic mass is 79.9. The van der Waals surface area contributed by atoms with Crippen LogP contribution in [-0.2, 0) is 5.41 Å². The number of benzene rings is 2. The average Bonchev–Trinajstić information content (AvgIpc) is 2.55. The number of carbonyl (C=O) groups excluding carboxylic acids is 1. The van der Waals surface area contributed by atoms with E-state index in [1.165, 1.54) is 0 Å². The molecule has 0 aliphatic rings. The molecule has 0 aliphatic carbocycles. The molecule has 2 rings (SSSR count). The van der Waals surface area contributed by atoms with Crippen LogP contribution < -0.4 is 4.74 Å². The Morgan fingerprint density at radius 1 is 1.00 bits per heavy atom. The van der Waals surface area contributed by atoms with Crippen LogP contribution in [0.15, 0.2) is 40.9 Å². The average molecular weight is 423 g/mol. The summed E-state index contributed by atoms with van der Waals surface area (Å²) in [6, 6.07) is 7.85. The highest BCUT2D eigenvalue weighted by molar-refractivity contribution is 9.10. The van der Waals surface area contributed by atoms with Crippen LogP contribution in [0, 0.1) is 20.2 Å². The molecule has 0 aromatic heterocycles. The Bertz CT molecular complexity index is 872. The van der Waals surface area contributed by atoms with Crippen molar-refractivity contribution in [2.75, 3.05) is 0 Å². The molecule has 0 spiro atoms. The highest BCUT2D eigenvalue weighted by Gasteiger charge is 2.22. The normalized spacial score (nSPS) is 11.1. The van der Waals surface area contributed by atoms with Gasteiger partial charge >= 0.3 is 5.97 Å². The summed E-state index contributed by atoms with van der Waals surface area (Å²) < 4.78 is 5.76. The lowest BCUT2D eigenvalue weighted by Gasteiger charge is -2.20. The van der Waals surface area contributed by atoms with E-state index >= 15 is 0 Å². The minimum Gasteiger partial charge on any atom is -0.422 e. The van der Waals surface area contributed by atoms with Gasteiger partial charge in [0, 0.05) is 12.1 Å². The number of carbonyl (C=O) groups is 1. The SMILES string of the molecule is CC(C)(C)c1ccc(OC(=O)c2cc([N+](=O)[O-])cc([N+](=O)[O-])c2)c(Br)c1. The number of hydrogen-bond donors (Lipinski definition) is 0. The van der Waals surface area contributed by atoms with Crippen molar-refractivity contribution in [3.05, 3.63) is 72.2 Å². The Morgan fingerprint density at radius 3 is 1.96 bits per heavy atom. The lowest BCUT2D eigenvalue weighted by molar-refractivity contribution is -0.394. The van der Waals surface area contributed by atoms with Crippen LogP contribution in [0.3, 0.4) is 0 Å². The molecule has 2 aromatic carbocycles. The Balaban J connectivity index is 2.36. The minimum atomic E-state index is -0.930. The van der Waals surface area contributed by atoms with Gasteiger partial charge in [-0.2, -0.15) is 0 Å². The summed E-state index contributed by atoms with van der Waals surface area (Å²) in [5.74, 6) is -0.724. The molecule has 0 fully saturated rings. The summed E-state index contributed by atoms with van der Waals surface area (Å²) in [5.41, 5.74) is -0.499. The predicted octanol–water partition coefficient (Wildman–Crippen LogP) is 4.78. The molecule has 0 radical (unpaired) electrons. The van der Waals surface area contributed by atoms with Crippen LogP contribution in [-0.4, -0.2) is 15.8 Å². The molecule has 26 heavy (non-hydrogen) atoms. The summed E-state index contributed by atoms with van der Waals surface area (Å²) in [7, 11) is 0. The zero-order valence-corrected chi connectivity index (χ0v) is 15.8. The molecule has 0 saturated heterocycles. The van der Waals surface area contributed by atoms with Gasteiger partial charge in [-0.05, 0) is 39.0 Å². The molecule has 0 amide bonds. The molecule has 0 saturated carbocycles. The molecule has 9 heteroatoms. The van der Waals surface area contributed by atoms with E-state index < -0.39 is 27.2 Å². The van der Waals surface area contributed by atoms with Gasteiger partial charge in [-0.25, -0.2) is 4.79 Å². The first-order valence-electron chi connectivity index (χ1n) is 7.45. The van der Waals surface area contributed by atoms with E-state index in [4.69, 9.17) is 4.74 Å². The molecule has 8 nitrogen and oxygen atoms in total. The van der Waals surface area contributed by atoms with E-state index in [1.807, 2.05) is 20.8 Å². The van der Waals surface area contributed by atoms with Crippen molar-refractivity contribution in [3.8, 4) is 5.75 Å². The van der Waals surface area contributed by atoms with E-state index in [1.54, 1.807) is 18.2 Å². The van der Waals surface area contributed by atoms with Crippen LogP contribution in [0.25, 0.3) is 0 Å². The number of non-ortho nitro benzene ring substituents is 2. The maximum Gasteiger partial charge on any atom is 0.344 e. The number of nitro groups is 2. The summed E-state index contributed by atoms with van der Waals surface area (Å²) in [6.45, 7) is 6.09. The zero-order valence-electron chi connectivity index (χ0n) is 14.2. The number of halogens is 1. The standard InChI is InChI=1S/C17H15BrN2O6/c1-17(2,3)11-4-5-15(14(18)8-11)26-16(21)10-6-12(19(22)23)9-13(7-10)20(24)25/h4-9H,1-3H3.